The van der Waals surface area contributed by atoms with E-state index in [1.807, 2.05) is 48.8 Å². The van der Waals surface area contributed by atoms with Crippen LogP contribution in [0.4, 0.5) is 0 Å². The maximum absolute atomic E-state index is 12.0. The molecule has 0 bridgehead atoms. The molecule has 0 fully saturated rings. The number of hydrogen-bond donors (Lipinski definition) is 2. The molecular weight excluding hydrogens is 254 g/mol. The zero-order valence-corrected chi connectivity index (χ0v) is 11.9. The van der Waals surface area contributed by atoms with Crippen molar-refractivity contribution in [2.24, 2.45) is 5.92 Å². The Bertz CT molecular complexity index is 544. The van der Waals surface area contributed by atoms with Gasteiger partial charge in [0, 0.05) is 25.0 Å². The highest BCUT2D eigenvalue weighted by Crippen LogP contribution is 2.08. The third-order valence-corrected chi connectivity index (χ3v) is 3.35. The van der Waals surface area contributed by atoms with Gasteiger partial charge in [0.05, 0.1) is 12.1 Å². The number of rotatable bonds is 6. The average Bonchev–Trinajstić information content (AvgIpc) is 2.79. The van der Waals surface area contributed by atoms with E-state index in [0.29, 0.717) is 12.3 Å². The zero-order valence-electron chi connectivity index (χ0n) is 11.9. The Morgan fingerprint density at radius 2 is 2.25 bits per heavy atom. The van der Waals surface area contributed by atoms with Gasteiger partial charge in [0.1, 0.15) is 5.65 Å². The Morgan fingerprint density at radius 3 is 2.90 bits per heavy atom. The third kappa shape index (κ3) is 3.57. The maximum Gasteiger partial charge on any atom is 0.226 e. The fourth-order valence-electron chi connectivity index (χ4n) is 2.21. The molecule has 2 heterocycles. The molecule has 108 valence electrons. The van der Waals surface area contributed by atoms with E-state index in [4.69, 9.17) is 5.11 Å². The van der Waals surface area contributed by atoms with Crippen LogP contribution >= 0.6 is 0 Å². The number of carbonyl (C=O) groups is 1. The molecule has 0 aliphatic rings. The van der Waals surface area contributed by atoms with Gasteiger partial charge in [0.25, 0.3) is 0 Å². The van der Waals surface area contributed by atoms with Gasteiger partial charge in [-0.3, -0.25) is 4.79 Å². The molecule has 0 radical (unpaired) electrons. The first-order valence-corrected chi connectivity index (χ1v) is 6.93. The topological polar surface area (TPSA) is 66.6 Å². The second kappa shape index (κ2) is 6.52. The highest BCUT2D eigenvalue weighted by atomic mass is 16.3. The third-order valence-electron chi connectivity index (χ3n) is 3.35. The van der Waals surface area contributed by atoms with Crippen LogP contribution in [0.1, 0.15) is 26.0 Å². The number of aliphatic hydroxyl groups is 1. The molecule has 5 nitrogen and oxygen atoms in total. The number of carbonyl (C=O) groups excluding carboxylic acids is 1. The number of hydrogen-bond acceptors (Lipinski definition) is 3. The van der Waals surface area contributed by atoms with E-state index in [0.717, 1.165) is 11.3 Å². The molecule has 5 heteroatoms. The van der Waals surface area contributed by atoms with Crippen molar-refractivity contribution in [2.45, 2.75) is 32.7 Å². The van der Waals surface area contributed by atoms with Gasteiger partial charge in [-0.1, -0.05) is 19.9 Å². The van der Waals surface area contributed by atoms with Gasteiger partial charge >= 0.3 is 0 Å². The Hall–Kier alpha value is -1.88. The lowest BCUT2D eigenvalue weighted by molar-refractivity contribution is -0.121. The molecule has 0 aliphatic carbocycles. The van der Waals surface area contributed by atoms with Crippen molar-refractivity contribution in [3.63, 3.8) is 0 Å². The summed E-state index contributed by atoms with van der Waals surface area (Å²) in [6.45, 7) is 4.15. The Labute approximate surface area is 118 Å². The van der Waals surface area contributed by atoms with E-state index in [-0.39, 0.29) is 25.0 Å². The molecule has 20 heavy (non-hydrogen) atoms. The quantitative estimate of drug-likeness (QED) is 0.837. The van der Waals surface area contributed by atoms with Crippen LogP contribution < -0.4 is 5.32 Å². The van der Waals surface area contributed by atoms with Crippen molar-refractivity contribution in [3.8, 4) is 0 Å². The lowest BCUT2D eigenvalue weighted by Crippen LogP contribution is -2.40. The summed E-state index contributed by atoms with van der Waals surface area (Å²) in [5.74, 6) is 0.243. The molecule has 2 aromatic heterocycles. The van der Waals surface area contributed by atoms with Crippen LogP contribution in [-0.4, -0.2) is 33.0 Å². The molecule has 2 rings (SSSR count). The summed E-state index contributed by atoms with van der Waals surface area (Å²) >= 11 is 0. The van der Waals surface area contributed by atoms with Gasteiger partial charge in [0.15, 0.2) is 0 Å². The molecule has 0 saturated carbocycles. The van der Waals surface area contributed by atoms with E-state index < -0.39 is 0 Å². The second-order valence-electron chi connectivity index (χ2n) is 5.31. The van der Waals surface area contributed by atoms with E-state index in [1.54, 1.807) is 0 Å². The Kier molecular flexibility index (Phi) is 4.74. The zero-order chi connectivity index (χ0) is 14.5. The molecule has 2 N–H and O–H groups in total. The first-order valence-electron chi connectivity index (χ1n) is 6.93. The minimum absolute atomic E-state index is 0.00420. The largest absolute Gasteiger partial charge is 0.396 e. The SMILES string of the molecule is CC(C)C(CCO)NC(=O)Cc1cn2ccccc2n1. The Balaban J connectivity index is 2.00. The fourth-order valence-corrected chi connectivity index (χ4v) is 2.21. The smallest absolute Gasteiger partial charge is 0.226 e. The van der Waals surface area contributed by atoms with Crippen molar-refractivity contribution in [3.05, 3.63) is 36.3 Å². The number of fused-ring (bicyclic) bond motifs is 1. The van der Waals surface area contributed by atoms with E-state index in [2.05, 4.69) is 10.3 Å². The van der Waals surface area contributed by atoms with Crippen molar-refractivity contribution in [1.29, 1.82) is 0 Å². The van der Waals surface area contributed by atoms with Crippen molar-refractivity contribution >= 4 is 11.6 Å². The molecule has 0 spiro atoms. The van der Waals surface area contributed by atoms with Crippen LogP contribution in [0.15, 0.2) is 30.6 Å². The van der Waals surface area contributed by atoms with Gasteiger partial charge < -0.3 is 14.8 Å². The van der Waals surface area contributed by atoms with Crippen LogP contribution in [0.25, 0.3) is 5.65 Å². The fraction of sp³-hybridized carbons (Fsp3) is 0.467. The molecule has 1 unspecified atom stereocenters. The number of amides is 1. The van der Waals surface area contributed by atoms with Crippen LogP contribution in [0, 0.1) is 5.92 Å². The molecule has 0 saturated heterocycles. The number of nitrogens with one attached hydrogen (secondary N) is 1. The summed E-state index contributed by atoms with van der Waals surface area (Å²) in [6, 6.07) is 5.76. The van der Waals surface area contributed by atoms with Crippen LogP contribution in [-0.2, 0) is 11.2 Å². The normalized spacial score (nSPS) is 12.8. The van der Waals surface area contributed by atoms with Gasteiger partial charge in [-0.05, 0) is 24.5 Å². The average molecular weight is 275 g/mol. The second-order valence-corrected chi connectivity index (χ2v) is 5.31. The molecule has 0 aromatic carbocycles. The summed E-state index contributed by atoms with van der Waals surface area (Å²) in [4.78, 5) is 16.4. The summed E-state index contributed by atoms with van der Waals surface area (Å²) in [6.07, 6.45) is 4.61. The number of aromatic nitrogens is 2. The van der Waals surface area contributed by atoms with Gasteiger partial charge in [-0.2, -0.15) is 0 Å². The van der Waals surface area contributed by atoms with Gasteiger partial charge in [0.2, 0.25) is 5.91 Å². The Morgan fingerprint density at radius 1 is 1.45 bits per heavy atom. The van der Waals surface area contributed by atoms with E-state index >= 15 is 0 Å². The predicted molar refractivity (Wildman–Crippen MR) is 77.4 cm³/mol. The van der Waals surface area contributed by atoms with Crippen LogP contribution in [0.2, 0.25) is 0 Å². The maximum atomic E-state index is 12.0. The van der Waals surface area contributed by atoms with Crippen LogP contribution in [0.5, 0.6) is 0 Å². The number of imidazole rings is 1. The summed E-state index contributed by atoms with van der Waals surface area (Å²) in [5.41, 5.74) is 1.59. The molecule has 2 aromatic rings. The molecule has 0 aliphatic heterocycles. The van der Waals surface area contributed by atoms with Crippen molar-refractivity contribution in [2.75, 3.05) is 6.61 Å². The van der Waals surface area contributed by atoms with Gasteiger partial charge in [-0.15, -0.1) is 0 Å². The minimum Gasteiger partial charge on any atom is -0.396 e. The summed E-state index contributed by atoms with van der Waals surface area (Å²) < 4.78 is 1.90. The first kappa shape index (κ1) is 14.5. The standard InChI is InChI=1S/C15H21N3O2/c1-11(2)13(6-8-19)17-15(20)9-12-10-18-7-4-3-5-14(18)16-12/h3-5,7,10-11,13,19H,6,8-9H2,1-2H3,(H,17,20). The lowest BCUT2D eigenvalue weighted by Gasteiger charge is -2.21. The van der Waals surface area contributed by atoms with Gasteiger partial charge in [-0.25, -0.2) is 4.98 Å². The highest BCUT2D eigenvalue weighted by Gasteiger charge is 2.16. The molecule has 1 amide bonds. The lowest BCUT2D eigenvalue weighted by atomic mass is 10.0. The van der Waals surface area contributed by atoms with E-state index in [9.17, 15) is 4.79 Å². The number of nitrogens with zero attached hydrogens (tertiary/aromatic N) is 2. The van der Waals surface area contributed by atoms with Crippen molar-refractivity contribution in [1.82, 2.24) is 14.7 Å². The molecule has 1 atom stereocenters. The van der Waals surface area contributed by atoms with Crippen LogP contribution in [0.3, 0.4) is 0 Å². The number of pyridine rings is 1. The highest BCUT2D eigenvalue weighted by molar-refractivity contribution is 5.78. The summed E-state index contributed by atoms with van der Waals surface area (Å²) in [5, 5.41) is 12.0. The first-order chi connectivity index (χ1) is 9.60. The number of aliphatic hydroxyl groups excluding tert-OH is 1. The summed E-state index contributed by atoms with van der Waals surface area (Å²) in [7, 11) is 0. The monoisotopic (exact) mass is 275 g/mol. The predicted octanol–water partition coefficient (Wildman–Crippen LogP) is 1.40. The molecular formula is C15H21N3O2. The minimum atomic E-state index is -0.0550. The van der Waals surface area contributed by atoms with E-state index in [1.165, 1.54) is 0 Å². The van der Waals surface area contributed by atoms with Crippen molar-refractivity contribution < 1.29 is 9.90 Å².